The highest BCUT2D eigenvalue weighted by atomic mass is 14.9. The van der Waals surface area contributed by atoms with Gasteiger partial charge in [0.2, 0.25) is 0 Å². The van der Waals surface area contributed by atoms with Crippen LogP contribution in [0.2, 0.25) is 0 Å². The first-order valence-electron chi connectivity index (χ1n) is 14.7. The van der Waals surface area contributed by atoms with Gasteiger partial charge in [0.15, 0.2) is 5.82 Å². The summed E-state index contributed by atoms with van der Waals surface area (Å²) in [6.07, 6.45) is 3.69. The molecule has 43 heavy (non-hydrogen) atoms. The maximum absolute atomic E-state index is 5.22. The molecule has 0 fully saturated rings. The SMILES string of the molecule is CC1(C)c2cccc(-c3cc(-c4ccc(-c5cccnc5)cc4)nc(-c4ccccc4)n3)c2-c2c1ccc1ccccc21. The lowest BCUT2D eigenvalue weighted by Crippen LogP contribution is -2.14. The predicted octanol–water partition coefficient (Wildman–Crippen LogP) is 10.00. The number of pyridine rings is 1. The summed E-state index contributed by atoms with van der Waals surface area (Å²) in [6, 6.07) is 45.0. The molecule has 0 bridgehead atoms. The number of rotatable bonds is 4. The Morgan fingerprint density at radius 3 is 2.05 bits per heavy atom. The summed E-state index contributed by atoms with van der Waals surface area (Å²) in [4.78, 5) is 14.6. The van der Waals surface area contributed by atoms with Crippen molar-refractivity contribution in [2.75, 3.05) is 0 Å². The minimum Gasteiger partial charge on any atom is -0.264 e. The Bertz CT molecular complexity index is 2130. The Labute approximate surface area is 251 Å². The highest BCUT2D eigenvalue weighted by Crippen LogP contribution is 2.54. The fraction of sp³-hybridized carbons (Fsp3) is 0.0750. The van der Waals surface area contributed by atoms with Crippen LogP contribution in [-0.2, 0) is 5.41 Å². The first-order chi connectivity index (χ1) is 21.1. The Kier molecular flexibility index (Phi) is 5.80. The fourth-order valence-electron chi connectivity index (χ4n) is 6.58. The van der Waals surface area contributed by atoms with Crippen LogP contribution in [0.15, 0.2) is 140 Å². The maximum Gasteiger partial charge on any atom is 0.160 e. The average molecular weight is 552 g/mol. The summed E-state index contributed by atoms with van der Waals surface area (Å²) in [5.41, 5.74) is 12.4. The molecule has 204 valence electrons. The minimum atomic E-state index is -0.120. The molecule has 0 saturated carbocycles. The van der Waals surface area contributed by atoms with Gasteiger partial charge in [0.1, 0.15) is 0 Å². The van der Waals surface area contributed by atoms with E-state index in [9.17, 15) is 0 Å². The second-order valence-electron chi connectivity index (χ2n) is 11.7. The quantitative estimate of drug-likeness (QED) is 0.218. The molecule has 8 rings (SSSR count). The molecule has 0 atom stereocenters. The minimum absolute atomic E-state index is 0.120. The van der Waals surface area contributed by atoms with E-state index in [1.165, 1.54) is 33.0 Å². The summed E-state index contributed by atoms with van der Waals surface area (Å²) in [6.45, 7) is 4.67. The van der Waals surface area contributed by atoms with Gasteiger partial charge in [-0.25, -0.2) is 9.97 Å². The van der Waals surface area contributed by atoms with Gasteiger partial charge in [-0.1, -0.05) is 129 Å². The summed E-state index contributed by atoms with van der Waals surface area (Å²) < 4.78 is 0. The molecular weight excluding hydrogens is 522 g/mol. The number of aromatic nitrogens is 3. The Morgan fingerprint density at radius 1 is 0.512 bits per heavy atom. The smallest absolute Gasteiger partial charge is 0.160 e. The lowest BCUT2D eigenvalue weighted by atomic mass is 9.82. The summed E-state index contributed by atoms with van der Waals surface area (Å²) in [5, 5.41) is 2.53. The molecule has 5 aromatic carbocycles. The molecule has 0 unspecified atom stereocenters. The van der Waals surface area contributed by atoms with Crippen LogP contribution in [-0.4, -0.2) is 15.0 Å². The first-order valence-corrected chi connectivity index (χ1v) is 14.7. The summed E-state index contributed by atoms with van der Waals surface area (Å²) >= 11 is 0. The molecular formula is C40H29N3. The molecule has 0 radical (unpaired) electrons. The van der Waals surface area contributed by atoms with Crippen LogP contribution in [0.4, 0.5) is 0 Å². The van der Waals surface area contributed by atoms with Crippen LogP contribution >= 0.6 is 0 Å². The zero-order chi connectivity index (χ0) is 29.0. The van der Waals surface area contributed by atoms with Crippen molar-refractivity contribution in [2.45, 2.75) is 19.3 Å². The fourth-order valence-corrected chi connectivity index (χ4v) is 6.58. The van der Waals surface area contributed by atoms with Gasteiger partial charge in [-0.2, -0.15) is 0 Å². The molecule has 7 aromatic rings. The molecule has 0 amide bonds. The number of benzene rings is 5. The van der Waals surface area contributed by atoms with Crippen LogP contribution in [0.3, 0.4) is 0 Å². The lowest BCUT2D eigenvalue weighted by Gasteiger charge is -2.21. The highest BCUT2D eigenvalue weighted by molar-refractivity contribution is 6.06. The van der Waals surface area contributed by atoms with E-state index in [0.717, 1.165) is 45.0 Å². The summed E-state index contributed by atoms with van der Waals surface area (Å²) in [5.74, 6) is 0.720. The topological polar surface area (TPSA) is 38.7 Å². The van der Waals surface area contributed by atoms with E-state index in [2.05, 4.69) is 122 Å². The number of hydrogen-bond donors (Lipinski definition) is 0. The van der Waals surface area contributed by atoms with E-state index in [4.69, 9.17) is 9.97 Å². The average Bonchev–Trinajstić information content (AvgIpc) is 3.32. The van der Waals surface area contributed by atoms with Crippen molar-refractivity contribution in [2.24, 2.45) is 0 Å². The lowest BCUT2D eigenvalue weighted by molar-refractivity contribution is 0.661. The van der Waals surface area contributed by atoms with Crippen molar-refractivity contribution >= 4 is 10.8 Å². The Balaban J connectivity index is 1.35. The van der Waals surface area contributed by atoms with Gasteiger partial charge in [-0.3, -0.25) is 4.98 Å². The largest absolute Gasteiger partial charge is 0.264 e. The maximum atomic E-state index is 5.22. The zero-order valence-corrected chi connectivity index (χ0v) is 24.1. The monoisotopic (exact) mass is 551 g/mol. The predicted molar refractivity (Wildman–Crippen MR) is 177 cm³/mol. The van der Waals surface area contributed by atoms with Gasteiger partial charge in [-0.15, -0.1) is 0 Å². The van der Waals surface area contributed by atoms with Crippen molar-refractivity contribution in [1.82, 2.24) is 15.0 Å². The van der Waals surface area contributed by atoms with E-state index in [0.29, 0.717) is 0 Å². The molecule has 2 aromatic heterocycles. The van der Waals surface area contributed by atoms with Crippen molar-refractivity contribution in [3.05, 3.63) is 151 Å². The van der Waals surface area contributed by atoms with E-state index in [1.54, 1.807) is 6.20 Å². The van der Waals surface area contributed by atoms with Crippen molar-refractivity contribution in [1.29, 1.82) is 0 Å². The van der Waals surface area contributed by atoms with Crippen LogP contribution in [0.25, 0.3) is 66.9 Å². The molecule has 3 nitrogen and oxygen atoms in total. The van der Waals surface area contributed by atoms with Crippen LogP contribution in [0.1, 0.15) is 25.0 Å². The van der Waals surface area contributed by atoms with Gasteiger partial charge in [-0.05, 0) is 56.3 Å². The molecule has 0 spiro atoms. The third kappa shape index (κ3) is 4.16. The van der Waals surface area contributed by atoms with E-state index in [-0.39, 0.29) is 5.41 Å². The van der Waals surface area contributed by atoms with E-state index >= 15 is 0 Å². The number of nitrogens with zero attached hydrogens (tertiary/aromatic N) is 3. The normalized spacial score (nSPS) is 13.1. The van der Waals surface area contributed by atoms with Crippen molar-refractivity contribution in [3.63, 3.8) is 0 Å². The summed E-state index contributed by atoms with van der Waals surface area (Å²) in [7, 11) is 0. The zero-order valence-electron chi connectivity index (χ0n) is 24.1. The van der Waals surface area contributed by atoms with Gasteiger partial charge in [0.05, 0.1) is 11.4 Å². The molecule has 0 N–H and O–H groups in total. The van der Waals surface area contributed by atoms with E-state index in [1.807, 2.05) is 30.5 Å². The van der Waals surface area contributed by atoms with Gasteiger partial charge in [0, 0.05) is 34.5 Å². The van der Waals surface area contributed by atoms with Gasteiger partial charge >= 0.3 is 0 Å². The third-order valence-electron chi connectivity index (χ3n) is 8.80. The highest BCUT2D eigenvalue weighted by Gasteiger charge is 2.38. The van der Waals surface area contributed by atoms with Crippen molar-refractivity contribution < 1.29 is 0 Å². The van der Waals surface area contributed by atoms with Crippen molar-refractivity contribution in [3.8, 4) is 56.2 Å². The molecule has 1 aliphatic carbocycles. The Hall–Kier alpha value is -5.41. The van der Waals surface area contributed by atoms with Crippen LogP contribution in [0, 0.1) is 0 Å². The van der Waals surface area contributed by atoms with Crippen LogP contribution in [0.5, 0.6) is 0 Å². The van der Waals surface area contributed by atoms with Gasteiger partial charge in [0.25, 0.3) is 0 Å². The second-order valence-corrected chi connectivity index (χ2v) is 11.7. The molecule has 1 aliphatic rings. The first kappa shape index (κ1) is 25.3. The molecule has 0 aliphatic heterocycles. The standard InChI is InChI=1S/C40H29N3/c1-40(2)33-16-8-15-32(38(33)37-31-14-7-6-10-27(31)21-22-34(37)40)36-24-35(42-39(43-36)29-11-4-3-5-12-29)28-19-17-26(18-20-28)30-13-9-23-41-25-30/h3-25H,1-2H3. The third-order valence-corrected chi connectivity index (χ3v) is 8.80. The second kappa shape index (κ2) is 9.85. The molecule has 2 heterocycles. The van der Waals surface area contributed by atoms with Crippen LogP contribution < -0.4 is 0 Å². The number of fused-ring (bicyclic) bond motifs is 5. The molecule has 0 saturated heterocycles. The molecule has 3 heteroatoms. The number of hydrogen-bond acceptors (Lipinski definition) is 3. The Morgan fingerprint density at radius 2 is 1.23 bits per heavy atom. The van der Waals surface area contributed by atoms with E-state index < -0.39 is 0 Å². The van der Waals surface area contributed by atoms with Gasteiger partial charge < -0.3 is 0 Å².